The van der Waals surface area contributed by atoms with Crippen LogP contribution in [0, 0.1) is 54.3 Å². The Labute approximate surface area is 505 Å². The Morgan fingerprint density at radius 2 is 0.855 bits per heavy atom. The maximum Gasteiger partial charge on any atom is 0.0479 e. The van der Waals surface area contributed by atoms with Crippen LogP contribution < -0.4 is 0 Å². The number of hydrogen-bond donors (Lipinski definition) is 0. The van der Waals surface area contributed by atoms with Gasteiger partial charge in [-0.15, -0.1) is 0 Å². The zero-order valence-corrected chi connectivity index (χ0v) is 54.1. The van der Waals surface area contributed by atoms with Crippen LogP contribution in [0.4, 0.5) is 0 Å². The van der Waals surface area contributed by atoms with Gasteiger partial charge < -0.3 is 14.4 Å². The fraction of sp³-hybridized carbons (Fsp3) is 0.662. The zero-order chi connectivity index (χ0) is 57.8. The summed E-state index contributed by atoms with van der Waals surface area (Å²) in [5, 5.41) is 1.33. The molecule has 6 heterocycles. The Bertz CT molecular complexity index is 2860. The van der Waals surface area contributed by atoms with Crippen LogP contribution >= 0.6 is 0 Å². The molecule has 4 saturated carbocycles. The molecule has 450 valence electrons. The van der Waals surface area contributed by atoms with E-state index in [1.165, 1.54) is 119 Å². The normalized spacial score (nSPS) is 38.0. The Morgan fingerprint density at radius 1 is 0.373 bits per heavy atom. The largest absolute Gasteiger partial charge is 0.348 e. The monoisotopic (exact) mass is 1120 g/mol. The summed E-state index contributed by atoms with van der Waals surface area (Å²) in [6.45, 7) is 14.0. The van der Waals surface area contributed by atoms with Crippen LogP contribution in [0.1, 0.15) is 201 Å². The van der Waals surface area contributed by atoms with Crippen LogP contribution in [-0.2, 0) is 26.3 Å². The Balaban J connectivity index is 0.0000000985. The van der Waals surface area contributed by atoms with E-state index in [0.29, 0.717) is 12.1 Å². The van der Waals surface area contributed by atoms with E-state index in [9.17, 15) is 0 Å². The van der Waals surface area contributed by atoms with Crippen LogP contribution in [0.3, 0.4) is 0 Å². The van der Waals surface area contributed by atoms with Crippen molar-refractivity contribution in [3.63, 3.8) is 0 Å². The van der Waals surface area contributed by atoms with Crippen LogP contribution in [0.2, 0.25) is 0 Å². The average Bonchev–Trinajstić information content (AvgIpc) is 4.08. The standard InChI is InChI=1S/2C14H19N.2C13H23N.C13H17N.C10H11N/c2*1-10-9-12-8-7-11-5-3-4-6-13(11)14(12)15(10)2;1-9-7-11-8-10-5-3-4-6-12(10)13(11)14(9)2;2*1-9-7-12-11-6-4-3-5-10(11)8-13(12)14(9)2;1-8-7-9-5-3-4-6-10(9)11(8)2/h2*3-6,10,12,14H,7-9H2,1-2H3;2*9-13H,3-8H2,1-2H3;3-6,9,12-13H,7-8H2,1-2H3;3-7H,1-2H3. The fourth-order valence-electron chi connectivity index (χ4n) is 20.8. The lowest BCUT2D eigenvalue weighted by atomic mass is 9.77. The number of hydrogen-bond acceptors (Lipinski definition) is 5. The minimum Gasteiger partial charge on any atom is -0.348 e. The molecule has 0 N–H and O–H groups in total. The highest BCUT2D eigenvalue weighted by Crippen LogP contribution is 2.54. The van der Waals surface area contributed by atoms with Crippen molar-refractivity contribution in [3.8, 4) is 0 Å². The summed E-state index contributed by atoms with van der Waals surface area (Å²) >= 11 is 0. The summed E-state index contributed by atoms with van der Waals surface area (Å²) in [7, 11) is 13.7. The van der Waals surface area contributed by atoms with E-state index in [2.05, 4.69) is 216 Å². The Kier molecular flexibility index (Phi) is 18.3. The average molecular weight is 1120 g/mol. The van der Waals surface area contributed by atoms with Crippen molar-refractivity contribution in [2.45, 2.75) is 236 Å². The number of benzene rings is 4. The first-order valence-electron chi connectivity index (χ1n) is 34.5. The minimum absolute atomic E-state index is 0.699. The number of likely N-dealkylation sites (N-methyl/N-ethyl adjacent to an activating group) is 1. The molecule has 0 bridgehead atoms. The van der Waals surface area contributed by atoms with Crippen LogP contribution in [-0.4, -0.2) is 113 Å². The number of aryl methyl sites for hydroxylation is 4. The molecular weight excluding hydrogens is 1010 g/mol. The minimum atomic E-state index is 0.699. The van der Waals surface area contributed by atoms with Crippen molar-refractivity contribution in [1.82, 2.24) is 29.1 Å². The molecule has 6 heteroatoms. The van der Waals surface area contributed by atoms with Crippen molar-refractivity contribution in [1.29, 1.82) is 0 Å². The van der Waals surface area contributed by atoms with Gasteiger partial charge in [0.15, 0.2) is 0 Å². The second kappa shape index (κ2) is 25.5. The maximum atomic E-state index is 2.70. The van der Waals surface area contributed by atoms with Crippen molar-refractivity contribution in [2.75, 3.05) is 35.2 Å². The van der Waals surface area contributed by atoms with Gasteiger partial charge in [0.2, 0.25) is 0 Å². The number of likely N-dealkylation sites (tertiary alicyclic amines) is 5. The second-order valence-corrected chi connectivity index (χ2v) is 30.0. The SMILES string of the molecule is CC1CC2C3CCCCC3CC2N1C.CC1CC2CC3CCCCC3C2N1C.CC1CC2CCc3ccccc3C2N1C.CC1CC2CCc3ccccc3C2N1C.CC1CC2c3ccccc3CC2N1C.Cc1cc2ccccc2n1C. The molecule has 7 aliphatic carbocycles. The summed E-state index contributed by atoms with van der Waals surface area (Å²) in [5.41, 5.74) is 12.2. The summed E-state index contributed by atoms with van der Waals surface area (Å²) < 4.78 is 2.20. The smallest absolute Gasteiger partial charge is 0.0479 e. The molecule has 5 aromatic rings. The number of para-hydroxylation sites is 1. The molecule has 0 amide bonds. The van der Waals surface area contributed by atoms with E-state index in [0.717, 1.165) is 102 Å². The molecule has 5 saturated heterocycles. The third kappa shape index (κ3) is 11.8. The molecule has 4 aromatic carbocycles. The van der Waals surface area contributed by atoms with Crippen molar-refractivity contribution in [3.05, 3.63) is 142 Å². The highest BCUT2D eigenvalue weighted by atomic mass is 15.2. The van der Waals surface area contributed by atoms with Gasteiger partial charge in [0, 0.05) is 84.6 Å². The lowest BCUT2D eigenvalue weighted by molar-refractivity contribution is 0.147. The molecule has 1 aromatic heterocycles. The summed E-state index contributed by atoms with van der Waals surface area (Å²) in [4.78, 5) is 13.1. The van der Waals surface area contributed by atoms with Gasteiger partial charge in [-0.3, -0.25) is 14.7 Å². The third-order valence-electron chi connectivity index (χ3n) is 25.8. The van der Waals surface area contributed by atoms with E-state index in [-0.39, 0.29) is 0 Å². The van der Waals surface area contributed by atoms with Gasteiger partial charge in [0.25, 0.3) is 0 Å². The lowest BCUT2D eigenvalue weighted by Crippen LogP contribution is -2.37. The van der Waals surface area contributed by atoms with Crippen LogP contribution in [0.15, 0.2) is 103 Å². The lowest BCUT2D eigenvalue weighted by Gasteiger charge is -2.34. The summed E-state index contributed by atoms with van der Waals surface area (Å²) in [5.74, 6) is 9.14. The highest BCUT2D eigenvalue weighted by Gasteiger charge is 2.52. The maximum absolute atomic E-state index is 2.70. The second-order valence-electron chi connectivity index (χ2n) is 30.0. The van der Waals surface area contributed by atoms with E-state index in [1.54, 1.807) is 59.1 Å². The first-order chi connectivity index (χ1) is 40.1. The molecule has 17 rings (SSSR count). The summed E-state index contributed by atoms with van der Waals surface area (Å²) in [6.07, 6.45) is 29.0. The molecule has 19 unspecified atom stereocenters. The molecular formula is C77H112N6. The van der Waals surface area contributed by atoms with Gasteiger partial charge in [-0.05, 0) is 265 Å². The topological polar surface area (TPSA) is 21.1 Å². The van der Waals surface area contributed by atoms with E-state index >= 15 is 0 Å². The van der Waals surface area contributed by atoms with Gasteiger partial charge in [0.05, 0.1) is 0 Å². The fourth-order valence-corrected chi connectivity index (χ4v) is 20.8. The van der Waals surface area contributed by atoms with Crippen LogP contribution in [0.5, 0.6) is 0 Å². The highest BCUT2D eigenvalue weighted by molar-refractivity contribution is 5.81. The Morgan fingerprint density at radius 3 is 1.48 bits per heavy atom. The third-order valence-corrected chi connectivity index (χ3v) is 25.8. The number of nitrogens with zero attached hydrogens (tertiary/aromatic N) is 6. The summed E-state index contributed by atoms with van der Waals surface area (Å²) in [6, 6.07) is 45.7. The van der Waals surface area contributed by atoms with Gasteiger partial charge >= 0.3 is 0 Å². The first-order valence-corrected chi connectivity index (χ1v) is 34.5. The predicted molar refractivity (Wildman–Crippen MR) is 350 cm³/mol. The van der Waals surface area contributed by atoms with E-state index < -0.39 is 0 Å². The molecule has 9 fully saturated rings. The zero-order valence-electron chi connectivity index (χ0n) is 54.1. The number of fused-ring (bicyclic) bond motifs is 16. The van der Waals surface area contributed by atoms with Gasteiger partial charge in [-0.2, -0.15) is 0 Å². The van der Waals surface area contributed by atoms with Crippen molar-refractivity contribution in [2.24, 2.45) is 54.4 Å². The molecule has 12 aliphatic rings. The van der Waals surface area contributed by atoms with Gasteiger partial charge in [-0.1, -0.05) is 130 Å². The van der Waals surface area contributed by atoms with E-state index in [4.69, 9.17) is 0 Å². The Hall–Kier alpha value is -3.78. The van der Waals surface area contributed by atoms with Crippen LogP contribution in [0.25, 0.3) is 10.9 Å². The first kappa shape index (κ1) is 59.5. The quantitative estimate of drug-likeness (QED) is 0.154. The van der Waals surface area contributed by atoms with E-state index in [1.807, 2.05) is 0 Å². The predicted octanol–water partition coefficient (Wildman–Crippen LogP) is 16.7. The van der Waals surface area contributed by atoms with Gasteiger partial charge in [-0.25, -0.2) is 0 Å². The molecule has 0 radical (unpaired) electrons. The molecule has 6 nitrogen and oxygen atoms in total. The number of rotatable bonds is 0. The van der Waals surface area contributed by atoms with Crippen molar-refractivity contribution >= 4 is 10.9 Å². The number of aromatic nitrogens is 1. The molecule has 19 atom stereocenters. The molecule has 5 aliphatic heterocycles. The molecule has 83 heavy (non-hydrogen) atoms. The van der Waals surface area contributed by atoms with Gasteiger partial charge in [0.1, 0.15) is 0 Å². The van der Waals surface area contributed by atoms with Crippen molar-refractivity contribution < 1.29 is 0 Å². The molecule has 0 spiro atoms.